The van der Waals surface area contributed by atoms with E-state index in [9.17, 15) is 4.79 Å². The Balaban J connectivity index is 1.99. The third kappa shape index (κ3) is 3.46. The van der Waals surface area contributed by atoms with Crippen molar-refractivity contribution >= 4 is 29.4 Å². The normalized spacial score (nSPS) is 10.6. The maximum Gasteiger partial charge on any atom is 0.249 e. The van der Waals surface area contributed by atoms with Gasteiger partial charge in [-0.1, -0.05) is 23.7 Å². The highest BCUT2D eigenvalue weighted by Gasteiger charge is 1.97. The van der Waals surface area contributed by atoms with Gasteiger partial charge in [0.05, 0.1) is 6.20 Å². The van der Waals surface area contributed by atoms with Gasteiger partial charge in [0.2, 0.25) is 5.91 Å². The maximum absolute atomic E-state index is 11.5. The molecule has 0 aliphatic rings. The Bertz CT molecular complexity index is 534. The number of anilines is 1. The number of aromatic nitrogens is 2. The van der Waals surface area contributed by atoms with Gasteiger partial charge in [-0.25, -0.2) is 0 Å². The topological polar surface area (TPSA) is 57.8 Å². The smallest absolute Gasteiger partial charge is 0.249 e. The number of benzene rings is 1. The van der Waals surface area contributed by atoms with E-state index in [0.29, 0.717) is 10.8 Å². The van der Waals surface area contributed by atoms with E-state index in [1.807, 2.05) is 12.1 Å². The summed E-state index contributed by atoms with van der Waals surface area (Å²) in [5.41, 5.74) is 0.872. The second-order valence-electron chi connectivity index (χ2n) is 3.35. The Morgan fingerprint density at radius 2 is 2.29 bits per heavy atom. The van der Waals surface area contributed by atoms with E-state index < -0.39 is 0 Å². The molecule has 0 fully saturated rings. The van der Waals surface area contributed by atoms with E-state index >= 15 is 0 Å². The molecule has 0 atom stereocenters. The predicted molar refractivity (Wildman–Crippen MR) is 67.7 cm³/mol. The quantitative estimate of drug-likeness (QED) is 0.820. The first-order valence-corrected chi connectivity index (χ1v) is 5.36. The molecule has 0 spiro atoms. The highest BCUT2D eigenvalue weighted by molar-refractivity contribution is 6.30. The fourth-order valence-electron chi connectivity index (χ4n) is 1.28. The van der Waals surface area contributed by atoms with Gasteiger partial charge < -0.3 is 5.32 Å². The van der Waals surface area contributed by atoms with Crippen LogP contribution >= 0.6 is 11.6 Å². The van der Waals surface area contributed by atoms with Gasteiger partial charge in [-0.05, 0) is 23.8 Å². The molecule has 1 amide bonds. The van der Waals surface area contributed by atoms with Gasteiger partial charge in [0, 0.05) is 17.2 Å². The number of carbonyl (C=O) groups is 1. The van der Waals surface area contributed by atoms with Crippen LogP contribution in [0.4, 0.5) is 5.82 Å². The minimum absolute atomic E-state index is 0.228. The van der Waals surface area contributed by atoms with Gasteiger partial charge in [-0.3, -0.25) is 9.89 Å². The minimum Gasteiger partial charge on any atom is -0.307 e. The molecule has 2 N–H and O–H groups in total. The average molecular weight is 248 g/mol. The van der Waals surface area contributed by atoms with Crippen molar-refractivity contribution in [3.63, 3.8) is 0 Å². The van der Waals surface area contributed by atoms with Crippen LogP contribution in [-0.4, -0.2) is 16.1 Å². The summed E-state index contributed by atoms with van der Waals surface area (Å²) < 4.78 is 0. The minimum atomic E-state index is -0.228. The highest BCUT2D eigenvalue weighted by atomic mass is 35.5. The van der Waals surface area contributed by atoms with Gasteiger partial charge in [0.1, 0.15) is 5.82 Å². The summed E-state index contributed by atoms with van der Waals surface area (Å²) in [4.78, 5) is 11.5. The lowest BCUT2D eigenvalue weighted by Gasteiger charge is -1.97. The SMILES string of the molecule is O=C(/C=C/c1cccc(Cl)c1)Nc1ccn[nH]1. The van der Waals surface area contributed by atoms with Crippen LogP contribution in [0, 0.1) is 0 Å². The van der Waals surface area contributed by atoms with Crippen molar-refractivity contribution in [3.05, 3.63) is 53.2 Å². The second-order valence-corrected chi connectivity index (χ2v) is 3.78. The van der Waals surface area contributed by atoms with Crippen LogP contribution in [0.15, 0.2) is 42.6 Å². The molecule has 0 saturated heterocycles. The van der Waals surface area contributed by atoms with Gasteiger partial charge >= 0.3 is 0 Å². The largest absolute Gasteiger partial charge is 0.307 e. The number of nitrogens with one attached hydrogen (secondary N) is 2. The molecule has 0 aliphatic carbocycles. The Kier molecular flexibility index (Phi) is 3.57. The molecule has 2 rings (SSSR count). The Labute approximate surface area is 103 Å². The van der Waals surface area contributed by atoms with Crippen molar-refractivity contribution in [2.45, 2.75) is 0 Å². The van der Waals surface area contributed by atoms with E-state index in [4.69, 9.17) is 11.6 Å². The van der Waals surface area contributed by atoms with Gasteiger partial charge in [-0.2, -0.15) is 5.10 Å². The first-order valence-electron chi connectivity index (χ1n) is 4.98. The standard InChI is InChI=1S/C12H10ClN3O/c13-10-3-1-2-9(8-10)4-5-12(17)15-11-6-7-14-16-11/h1-8H,(H2,14,15,16,17)/b5-4+. The monoisotopic (exact) mass is 247 g/mol. The van der Waals surface area contributed by atoms with Crippen molar-refractivity contribution in [2.24, 2.45) is 0 Å². The third-order valence-electron chi connectivity index (χ3n) is 2.03. The van der Waals surface area contributed by atoms with Crippen LogP contribution in [0.5, 0.6) is 0 Å². The molecular formula is C12H10ClN3O. The molecule has 2 aromatic rings. The molecule has 0 unspecified atom stereocenters. The first-order chi connectivity index (χ1) is 8.24. The number of hydrogen-bond acceptors (Lipinski definition) is 2. The van der Waals surface area contributed by atoms with Crippen LogP contribution < -0.4 is 5.32 Å². The van der Waals surface area contributed by atoms with Gasteiger partial charge in [0.25, 0.3) is 0 Å². The van der Waals surface area contributed by atoms with Crippen LogP contribution in [0.3, 0.4) is 0 Å². The molecule has 0 aliphatic heterocycles. The molecule has 1 aromatic heterocycles. The van der Waals surface area contributed by atoms with Crippen molar-refractivity contribution in [3.8, 4) is 0 Å². The van der Waals surface area contributed by atoms with Crippen LogP contribution in [-0.2, 0) is 4.79 Å². The van der Waals surface area contributed by atoms with E-state index in [2.05, 4.69) is 15.5 Å². The summed E-state index contributed by atoms with van der Waals surface area (Å²) in [5.74, 6) is 0.333. The summed E-state index contributed by atoms with van der Waals surface area (Å²) in [6.45, 7) is 0. The molecule has 17 heavy (non-hydrogen) atoms. The van der Waals surface area contributed by atoms with Crippen molar-refractivity contribution < 1.29 is 4.79 Å². The fourth-order valence-corrected chi connectivity index (χ4v) is 1.48. The van der Waals surface area contributed by atoms with Gasteiger partial charge in [0.15, 0.2) is 0 Å². The molecule has 0 radical (unpaired) electrons. The molecule has 0 bridgehead atoms. The zero-order chi connectivity index (χ0) is 12.1. The summed E-state index contributed by atoms with van der Waals surface area (Å²) in [5, 5.41) is 9.63. The number of rotatable bonds is 3. The number of aromatic amines is 1. The molecule has 86 valence electrons. The van der Waals surface area contributed by atoms with Crippen LogP contribution in [0.25, 0.3) is 6.08 Å². The fraction of sp³-hybridized carbons (Fsp3) is 0. The van der Waals surface area contributed by atoms with Crippen molar-refractivity contribution in [2.75, 3.05) is 5.32 Å². The van der Waals surface area contributed by atoms with Crippen molar-refractivity contribution in [1.29, 1.82) is 0 Å². The van der Waals surface area contributed by atoms with E-state index in [1.54, 1.807) is 30.5 Å². The molecular weight excluding hydrogens is 238 g/mol. The molecule has 0 saturated carbocycles. The number of hydrogen-bond donors (Lipinski definition) is 2. The number of halogens is 1. The number of carbonyl (C=O) groups excluding carboxylic acids is 1. The summed E-state index contributed by atoms with van der Waals surface area (Å²) >= 11 is 5.83. The number of H-pyrrole nitrogens is 1. The molecule has 5 heteroatoms. The maximum atomic E-state index is 11.5. The lowest BCUT2D eigenvalue weighted by molar-refractivity contribution is -0.111. The lowest BCUT2D eigenvalue weighted by atomic mass is 10.2. The molecule has 1 heterocycles. The van der Waals surface area contributed by atoms with Crippen LogP contribution in [0.1, 0.15) is 5.56 Å². The predicted octanol–water partition coefficient (Wildman–Crippen LogP) is 2.71. The first kappa shape index (κ1) is 11.4. The lowest BCUT2D eigenvalue weighted by Crippen LogP contribution is -2.07. The highest BCUT2D eigenvalue weighted by Crippen LogP contribution is 2.11. The molecule has 1 aromatic carbocycles. The van der Waals surface area contributed by atoms with Gasteiger partial charge in [-0.15, -0.1) is 0 Å². The zero-order valence-electron chi connectivity index (χ0n) is 8.85. The summed E-state index contributed by atoms with van der Waals surface area (Å²) in [7, 11) is 0. The Morgan fingerprint density at radius 3 is 3.00 bits per heavy atom. The summed E-state index contributed by atoms with van der Waals surface area (Å²) in [6, 6.07) is 8.93. The third-order valence-corrected chi connectivity index (χ3v) is 2.27. The number of amides is 1. The van der Waals surface area contributed by atoms with Crippen LogP contribution in [0.2, 0.25) is 5.02 Å². The average Bonchev–Trinajstić information content (AvgIpc) is 2.79. The van der Waals surface area contributed by atoms with E-state index in [1.165, 1.54) is 6.08 Å². The Morgan fingerprint density at radius 1 is 1.41 bits per heavy atom. The van der Waals surface area contributed by atoms with E-state index in [-0.39, 0.29) is 5.91 Å². The summed E-state index contributed by atoms with van der Waals surface area (Å²) in [6.07, 6.45) is 4.69. The molecule has 4 nitrogen and oxygen atoms in total. The Hall–Kier alpha value is -2.07. The zero-order valence-corrected chi connectivity index (χ0v) is 9.61. The van der Waals surface area contributed by atoms with E-state index in [0.717, 1.165) is 5.56 Å². The number of nitrogens with zero attached hydrogens (tertiary/aromatic N) is 1. The second kappa shape index (κ2) is 5.32. The van der Waals surface area contributed by atoms with Crippen molar-refractivity contribution in [1.82, 2.24) is 10.2 Å².